The van der Waals surface area contributed by atoms with Crippen molar-refractivity contribution in [3.63, 3.8) is 0 Å². The summed E-state index contributed by atoms with van der Waals surface area (Å²) in [6.07, 6.45) is 3.65. The van der Waals surface area contributed by atoms with E-state index in [0.29, 0.717) is 30.8 Å². The molecule has 3 aromatic rings. The average Bonchev–Trinajstić information content (AvgIpc) is 3.13. The second-order valence-corrected chi connectivity index (χ2v) is 7.58. The van der Waals surface area contributed by atoms with Crippen molar-refractivity contribution in [2.75, 3.05) is 31.2 Å². The van der Waals surface area contributed by atoms with Crippen molar-refractivity contribution in [3.8, 4) is 11.8 Å². The zero-order chi connectivity index (χ0) is 20.2. The van der Waals surface area contributed by atoms with Gasteiger partial charge in [-0.2, -0.15) is 10.1 Å². The quantitative estimate of drug-likeness (QED) is 0.589. The molecule has 7 heteroatoms. The minimum absolute atomic E-state index is 0.305. The Morgan fingerprint density at radius 3 is 2.69 bits per heavy atom. The van der Waals surface area contributed by atoms with Crippen LogP contribution < -0.4 is 14.4 Å². The maximum atomic E-state index is 5.96. The number of benzene rings is 1. The molecule has 3 heterocycles. The number of oxazole rings is 1. The van der Waals surface area contributed by atoms with Crippen LogP contribution in [0, 0.1) is 19.8 Å². The summed E-state index contributed by atoms with van der Waals surface area (Å²) in [5, 5.41) is 8.61. The summed E-state index contributed by atoms with van der Waals surface area (Å²) in [5.74, 6) is 2.47. The summed E-state index contributed by atoms with van der Waals surface area (Å²) < 4.78 is 16.9. The number of hydrogen-bond donors (Lipinski definition) is 0. The van der Waals surface area contributed by atoms with E-state index >= 15 is 0 Å². The monoisotopic (exact) mass is 396 g/mol. The van der Waals surface area contributed by atoms with Gasteiger partial charge in [-0.05, 0) is 69.7 Å². The van der Waals surface area contributed by atoms with Crippen LogP contribution in [0.3, 0.4) is 0 Å². The fourth-order valence-electron chi connectivity index (χ4n) is 3.64. The molecule has 1 aromatic carbocycles. The Morgan fingerprint density at radius 2 is 1.93 bits per heavy atom. The maximum absolute atomic E-state index is 5.96. The SMILES string of the molecule is CCOc1nc2ccc(OCCC3CCN(c4cc(C)c(C)nn4)CC3)cc2o1. The third kappa shape index (κ3) is 4.60. The van der Waals surface area contributed by atoms with Gasteiger partial charge in [-0.15, -0.1) is 5.10 Å². The molecule has 1 fully saturated rings. The first-order valence-corrected chi connectivity index (χ1v) is 10.3. The molecule has 0 N–H and O–H groups in total. The van der Waals surface area contributed by atoms with E-state index in [1.54, 1.807) is 0 Å². The first kappa shape index (κ1) is 19.5. The zero-order valence-electron chi connectivity index (χ0n) is 17.4. The smallest absolute Gasteiger partial charge is 0.394 e. The number of nitrogens with zero attached hydrogens (tertiary/aromatic N) is 4. The van der Waals surface area contributed by atoms with E-state index in [-0.39, 0.29) is 0 Å². The van der Waals surface area contributed by atoms with Gasteiger partial charge < -0.3 is 18.8 Å². The van der Waals surface area contributed by atoms with Crippen LogP contribution >= 0.6 is 0 Å². The lowest BCUT2D eigenvalue weighted by molar-refractivity contribution is 0.250. The molecule has 2 aromatic heterocycles. The van der Waals surface area contributed by atoms with Gasteiger partial charge >= 0.3 is 6.08 Å². The third-order valence-corrected chi connectivity index (χ3v) is 5.56. The number of rotatable bonds is 7. The minimum atomic E-state index is 0.305. The molecule has 29 heavy (non-hydrogen) atoms. The predicted molar refractivity (Wildman–Crippen MR) is 112 cm³/mol. The van der Waals surface area contributed by atoms with Crippen LogP contribution in [0.1, 0.15) is 37.4 Å². The van der Waals surface area contributed by atoms with Gasteiger partial charge in [0, 0.05) is 19.2 Å². The first-order chi connectivity index (χ1) is 14.1. The molecule has 0 amide bonds. The highest BCUT2D eigenvalue weighted by atomic mass is 16.6. The number of anilines is 1. The van der Waals surface area contributed by atoms with Crippen LogP contribution in [0.15, 0.2) is 28.7 Å². The van der Waals surface area contributed by atoms with Gasteiger partial charge in [0.25, 0.3) is 0 Å². The Bertz CT molecular complexity index is 964. The molecule has 7 nitrogen and oxygen atoms in total. The van der Waals surface area contributed by atoms with Crippen molar-refractivity contribution in [3.05, 3.63) is 35.5 Å². The molecule has 0 saturated carbocycles. The fourth-order valence-corrected chi connectivity index (χ4v) is 3.64. The Hall–Kier alpha value is -2.83. The Balaban J connectivity index is 1.25. The van der Waals surface area contributed by atoms with E-state index in [0.717, 1.165) is 55.1 Å². The number of piperidine rings is 1. The molecular weight excluding hydrogens is 368 g/mol. The third-order valence-electron chi connectivity index (χ3n) is 5.56. The van der Waals surface area contributed by atoms with Crippen LogP contribution in [-0.2, 0) is 0 Å². The molecule has 0 atom stereocenters. The lowest BCUT2D eigenvalue weighted by atomic mass is 9.94. The van der Waals surface area contributed by atoms with Crippen LogP contribution in [0.25, 0.3) is 11.1 Å². The van der Waals surface area contributed by atoms with Crippen molar-refractivity contribution in [1.82, 2.24) is 15.2 Å². The van der Waals surface area contributed by atoms with Crippen LogP contribution in [0.5, 0.6) is 11.8 Å². The molecular formula is C22H28N4O3. The van der Waals surface area contributed by atoms with Crippen LogP contribution in [-0.4, -0.2) is 41.5 Å². The number of hydrogen-bond acceptors (Lipinski definition) is 7. The van der Waals surface area contributed by atoms with E-state index in [2.05, 4.69) is 33.1 Å². The normalized spacial score (nSPS) is 15.1. The molecule has 4 rings (SSSR count). The van der Waals surface area contributed by atoms with Crippen LogP contribution in [0.4, 0.5) is 5.82 Å². The van der Waals surface area contributed by atoms with Gasteiger partial charge in [-0.1, -0.05) is 0 Å². The number of fused-ring (bicyclic) bond motifs is 1. The molecule has 1 aliphatic heterocycles. The van der Waals surface area contributed by atoms with Gasteiger partial charge in [0.15, 0.2) is 11.4 Å². The molecule has 0 bridgehead atoms. The van der Waals surface area contributed by atoms with Crippen molar-refractivity contribution in [2.24, 2.45) is 5.92 Å². The standard InChI is InChI=1S/C22H28N4O3/c1-4-27-22-23-19-6-5-18(14-20(19)29-22)28-12-9-17-7-10-26(11-8-17)21-13-15(2)16(3)24-25-21/h5-6,13-14,17H,4,7-12H2,1-3H3. The van der Waals surface area contributed by atoms with Crippen molar-refractivity contribution in [1.29, 1.82) is 0 Å². The lowest BCUT2D eigenvalue weighted by Crippen LogP contribution is -2.35. The summed E-state index contributed by atoms with van der Waals surface area (Å²) >= 11 is 0. The van der Waals surface area contributed by atoms with E-state index in [9.17, 15) is 0 Å². The zero-order valence-corrected chi connectivity index (χ0v) is 17.4. The maximum Gasteiger partial charge on any atom is 0.394 e. The van der Waals surface area contributed by atoms with Gasteiger partial charge in [0.1, 0.15) is 11.3 Å². The topological polar surface area (TPSA) is 73.5 Å². The van der Waals surface area contributed by atoms with Crippen molar-refractivity contribution in [2.45, 2.75) is 40.0 Å². The molecule has 1 saturated heterocycles. The molecule has 1 aliphatic rings. The summed E-state index contributed by atoms with van der Waals surface area (Å²) in [5.41, 5.74) is 3.66. The summed E-state index contributed by atoms with van der Waals surface area (Å²) in [7, 11) is 0. The van der Waals surface area contributed by atoms with Crippen molar-refractivity contribution < 1.29 is 13.9 Å². The number of ether oxygens (including phenoxy) is 2. The van der Waals surface area contributed by atoms with E-state index in [4.69, 9.17) is 13.9 Å². The summed E-state index contributed by atoms with van der Waals surface area (Å²) in [6.45, 7) is 9.26. The van der Waals surface area contributed by atoms with Gasteiger partial charge in [0.05, 0.1) is 18.9 Å². The van der Waals surface area contributed by atoms with Crippen molar-refractivity contribution >= 4 is 16.9 Å². The molecule has 0 unspecified atom stereocenters. The highest BCUT2D eigenvalue weighted by Gasteiger charge is 2.21. The fraction of sp³-hybridized carbons (Fsp3) is 0.500. The van der Waals surface area contributed by atoms with E-state index in [1.807, 2.05) is 32.0 Å². The van der Waals surface area contributed by atoms with Gasteiger partial charge in [-0.25, -0.2) is 0 Å². The number of aryl methyl sites for hydroxylation is 2. The molecule has 0 radical (unpaired) electrons. The summed E-state index contributed by atoms with van der Waals surface area (Å²) in [4.78, 5) is 6.62. The van der Waals surface area contributed by atoms with E-state index < -0.39 is 0 Å². The predicted octanol–water partition coefficient (Wildman–Crippen LogP) is 4.32. The lowest BCUT2D eigenvalue weighted by Gasteiger charge is -2.32. The molecule has 0 spiro atoms. The highest BCUT2D eigenvalue weighted by Crippen LogP contribution is 2.27. The average molecular weight is 396 g/mol. The second-order valence-electron chi connectivity index (χ2n) is 7.58. The molecule has 154 valence electrons. The Morgan fingerprint density at radius 1 is 1.10 bits per heavy atom. The van der Waals surface area contributed by atoms with Gasteiger partial charge in [-0.3, -0.25) is 0 Å². The Labute approximate surface area is 171 Å². The molecule has 0 aliphatic carbocycles. The summed E-state index contributed by atoms with van der Waals surface area (Å²) in [6, 6.07) is 7.86. The van der Waals surface area contributed by atoms with Gasteiger partial charge in [0.2, 0.25) is 0 Å². The highest BCUT2D eigenvalue weighted by molar-refractivity contribution is 5.74. The first-order valence-electron chi connectivity index (χ1n) is 10.3. The second kappa shape index (κ2) is 8.68. The van der Waals surface area contributed by atoms with Crippen LogP contribution in [0.2, 0.25) is 0 Å². The Kier molecular flexibility index (Phi) is 5.83. The minimum Gasteiger partial charge on any atom is -0.493 e. The number of aromatic nitrogens is 3. The largest absolute Gasteiger partial charge is 0.493 e. The van der Waals surface area contributed by atoms with E-state index in [1.165, 1.54) is 5.56 Å².